The maximum Gasteiger partial charge on any atom is 0.339 e. The number of rotatable bonds is 2. The number of fused-ring (bicyclic) bond motifs is 3. The zero-order chi connectivity index (χ0) is 15.9. The van der Waals surface area contributed by atoms with Crippen molar-refractivity contribution in [1.82, 2.24) is 0 Å². The lowest BCUT2D eigenvalue weighted by molar-refractivity contribution is 0.0528. The van der Waals surface area contributed by atoms with Crippen molar-refractivity contribution < 1.29 is 9.53 Å². The lowest BCUT2D eigenvalue weighted by Crippen LogP contribution is -2.08. The second kappa shape index (κ2) is 5.79. The minimum atomic E-state index is -0.316. The van der Waals surface area contributed by atoms with E-state index in [9.17, 15) is 4.79 Å². The molecule has 0 saturated heterocycles. The highest BCUT2D eigenvalue weighted by molar-refractivity contribution is 6.33. The number of esters is 1. The highest BCUT2D eigenvalue weighted by atomic mass is 35.5. The molecule has 4 heteroatoms. The molecule has 3 rings (SSSR count). The summed E-state index contributed by atoms with van der Waals surface area (Å²) in [6.07, 6.45) is 0. The van der Waals surface area contributed by atoms with Crippen molar-refractivity contribution in [3.8, 4) is 0 Å². The van der Waals surface area contributed by atoms with Gasteiger partial charge in [-0.15, -0.1) is 0 Å². The summed E-state index contributed by atoms with van der Waals surface area (Å²) in [5.74, 6) is -0.316. The van der Waals surface area contributed by atoms with Crippen molar-refractivity contribution in [3.05, 3.63) is 57.6 Å². The lowest BCUT2D eigenvalue weighted by Gasteiger charge is -2.14. The van der Waals surface area contributed by atoms with Crippen LogP contribution < -0.4 is 0 Å². The van der Waals surface area contributed by atoms with Crippen molar-refractivity contribution >= 4 is 50.7 Å². The van der Waals surface area contributed by atoms with Crippen LogP contribution in [0.5, 0.6) is 0 Å². The Kier molecular flexibility index (Phi) is 3.98. The highest BCUT2D eigenvalue weighted by Crippen LogP contribution is 2.35. The molecule has 3 aromatic rings. The maximum atomic E-state index is 12.4. The molecular formula is C18H14Cl2O2. The van der Waals surface area contributed by atoms with Crippen LogP contribution >= 0.6 is 23.2 Å². The Hall–Kier alpha value is -1.77. The molecule has 0 bridgehead atoms. The van der Waals surface area contributed by atoms with Crippen LogP contribution in [0.4, 0.5) is 0 Å². The fraction of sp³-hybridized carbons (Fsp3) is 0.167. The van der Waals surface area contributed by atoms with Crippen LogP contribution in [-0.2, 0) is 4.74 Å². The van der Waals surface area contributed by atoms with Gasteiger partial charge in [-0.3, -0.25) is 0 Å². The quantitative estimate of drug-likeness (QED) is 0.439. The average molecular weight is 333 g/mol. The molecule has 0 spiro atoms. The largest absolute Gasteiger partial charge is 0.462 e. The number of hydrogen-bond donors (Lipinski definition) is 0. The van der Waals surface area contributed by atoms with Gasteiger partial charge in [0.25, 0.3) is 0 Å². The first-order valence-electron chi connectivity index (χ1n) is 7.01. The van der Waals surface area contributed by atoms with Gasteiger partial charge < -0.3 is 4.74 Å². The van der Waals surface area contributed by atoms with E-state index in [2.05, 4.69) is 0 Å². The van der Waals surface area contributed by atoms with E-state index in [1.54, 1.807) is 13.0 Å². The molecule has 3 aromatic carbocycles. The van der Waals surface area contributed by atoms with Crippen LogP contribution in [0.25, 0.3) is 21.5 Å². The summed E-state index contributed by atoms with van der Waals surface area (Å²) in [7, 11) is 0. The Bertz CT molecular complexity index is 901. The molecule has 0 aliphatic rings. The van der Waals surface area contributed by atoms with Crippen molar-refractivity contribution in [2.24, 2.45) is 0 Å². The van der Waals surface area contributed by atoms with Gasteiger partial charge >= 0.3 is 5.97 Å². The van der Waals surface area contributed by atoms with Gasteiger partial charge in [-0.25, -0.2) is 4.79 Å². The molecule has 0 aliphatic heterocycles. The molecule has 2 nitrogen and oxygen atoms in total. The number of aryl methyl sites for hydroxylation is 1. The second-order valence-electron chi connectivity index (χ2n) is 5.10. The van der Waals surface area contributed by atoms with E-state index >= 15 is 0 Å². The van der Waals surface area contributed by atoms with E-state index in [-0.39, 0.29) is 5.97 Å². The Morgan fingerprint density at radius 1 is 0.955 bits per heavy atom. The summed E-state index contributed by atoms with van der Waals surface area (Å²) in [5, 5.41) is 4.95. The predicted molar refractivity (Wildman–Crippen MR) is 92.2 cm³/mol. The first kappa shape index (κ1) is 15.1. The number of carbonyl (C=O) groups is 1. The summed E-state index contributed by atoms with van der Waals surface area (Å²) in [4.78, 5) is 12.4. The zero-order valence-corrected chi connectivity index (χ0v) is 13.8. The lowest BCUT2D eigenvalue weighted by atomic mass is 9.92. The van der Waals surface area contributed by atoms with Crippen LogP contribution in [0.1, 0.15) is 22.8 Å². The van der Waals surface area contributed by atoms with Gasteiger partial charge in [-0.05, 0) is 65.2 Å². The smallest absolute Gasteiger partial charge is 0.339 e. The van der Waals surface area contributed by atoms with Crippen molar-refractivity contribution in [1.29, 1.82) is 0 Å². The third kappa shape index (κ3) is 2.43. The number of hydrogen-bond acceptors (Lipinski definition) is 2. The minimum Gasteiger partial charge on any atom is -0.462 e. The van der Waals surface area contributed by atoms with Crippen LogP contribution in [0.15, 0.2) is 36.4 Å². The van der Waals surface area contributed by atoms with E-state index in [4.69, 9.17) is 27.9 Å². The van der Waals surface area contributed by atoms with Gasteiger partial charge in [0.05, 0.1) is 12.2 Å². The van der Waals surface area contributed by atoms with Gasteiger partial charge in [-0.1, -0.05) is 35.3 Å². The standard InChI is InChI=1S/C18H14Cl2O2/c1-3-22-18(21)17-10(2)13-6-4-11(19)8-15(13)16-9-12(20)5-7-14(16)17/h4-9H,3H2,1-2H3. The van der Waals surface area contributed by atoms with Gasteiger partial charge in [0, 0.05) is 10.0 Å². The third-order valence-electron chi connectivity index (χ3n) is 3.78. The Labute approximate surface area is 138 Å². The van der Waals surface area contributed by atoms with Crippen LogP contribution in [0, 0.1) is 6.92 Å². The van der Waals surface area contributed by atoms with Gasteiger partial charge in [0.2, 0.25) is 0 Å². The SMILES string of the molecule is CCOC(=O)c1c(C)c2ccc(Cl)cc2c2cc(Cl)ccc12. The fourth-order valence-corrected chi connectivity index (χ4v) is 3.17. The van der Waals surface area contributed by atoms with E-state index in [0.29, 0.717) is 22.2 Å². The highest BCUT2D eigenvalue weighted by Gasteiger charge is 2.18. The van der Waals surface area contributed by atoms with Crippen LogP contribution in [0.2, 0.25) is 10.0 Å². The molecule has 112 valence electrons. The molecule has 0 saturated carbocycles. The molecule has 0 heterocycles. The topological polar surface area (TPSA) is 26.3 Å². The first-order valence-corrected chi connectivity index (χ1v) is 7.76. The summed E-state index contributed by atoms with van der Waals surface area (Å²) in [5.41, 5.74) is 1.48. The molecule has 0 aliphatic carbocycles. The summed E-state index contributed by atoms with van der Waals surface area (Å²) < 4.78 is 5.22. The van der Waals surface area contributed by atoms with E-state index in [1.807, 2.05) is 37.3 Å². The summed E-state index contributed by atoms with van der Waals surface area (Å²) in [6, 6.07) is 11.1. The number of benzene rings is 3. The first-order chi connectivity index (χ1) is 10.5. The Balaban J connectivity index is 2.51. The van der Waals surface area contributed by atoms with E-state index < -0.39 is 0 Å². The van der Waals surface area contributed by atoms with Gasteiger partial charge in [-0.2, -0.15) is 0 Å². The normalized spacial score (nSPS) is 11.1. The molecule has 22 heavy (non-hydrogen) atoms. The second-order valence-corrected chi connectivity index (χ2v) is 5.97. The molecule has 0 unspecified atom stereocenters. The van der Waals surface area contributed by atoms with Gasteiger partial charge in [0.15, 0.2) is 0 Å². The molecule has 0 N–H and O–H groups in total. The van der Waals surface area contributed by atoms with Crippen LogP contribution in [-0.4, -0.2) is 12.6 Å². The number of ether oxygens (including phenoxy) is 1. The van der Waals surface area contributed by atoms with Crippen LogP contribution in [0.3, 0.4) is 0 Å². The zero-order valence-electron chi connectivity index (χ0n) is 12.2. The maximum absolute atomic E-state index is 12.4. The summed E-state index contributed by atoms with van der Waals surface area (Å²) >= 11 is 12.3. The summed E-state index contributed by atoms with van der Waals surface area (Å²) in [6.45, 7) is 4.07. The van der Waals surface area contributed by atoms with Crippen molar-refractivity contribution in [2.75, 3.05) is 6.61 Å². The van der Waals surface area contributed by atoms with Crippen molar-refractivity contribution in [2.45, 2.75) is 13.8 Å². The molecule has 0 atom stereocenters. The average Bonchev–Trinajstić information content (AvgIpc) is 2.48. The van der Waals surface area contributed by atoms with Crippen molar-refractivity contribution in [3.63, 3.8) is 0 Å². The number of halogens is 2. The molecule has 0 radical (unpaired) electrons. The van der Waals surface area contributed by atoms with E-state index in [1.165, 1.54) is 0 Å². The third-order valence-corrected chi connectivity index (χ3v) is 4.25. The monoisotopic (exact) mass is 332 g/mol. The van der Waals surface area contributed by atoms with Gasteiger partial charge in [0.1, 0.15) is 0 Å². The molecular weight excluding hydrogens is 319 g/mol. The Morgan fingerprint density at radius 3 is 2.09 bits per heavy atom. The molecule has 0 amide bonds. The fourth-order valence-electron chi connectivity index (χ4n) is 2.83. The molecule has 0 aromatic heterocycles. The van der Waals surface area contributed by atoms with E-state index in [0.717, 1.165) is 27.1 Å². The predicted octanol–water partition coefficient (Wildman–Crippen LogP) is 5.78. The Morgan fingerprint density at radius 2 is 1.50 bits per heavy atom. The number of carbonyl (C=O) groups excluding carboxylic acids is 1. The molecule has 0 fully saturated rings. The minimum absolute atomic E-state index is 0.316.